The molecule has 0 aliphatic carbocycles. The number of hydrogen-bond donors (Lipinski definition) is 2. The molecule has 0 aliphatic rings. The normalized spacial score (nSPS) is 12.7. The Balaban J connectivity index is 2.40. The van der Waals surface area contributed by atoms with E-state index in [0.717, 1.165) is 9.35 Å². The van der Waals surface area contributed by atoms with E-state index in [0.29, 0.717) is 5.56 Å². The minimum absolute atomic E-state index is 0.257. The van der Waals surface area contributed by atoms with Crippen LogP contribution in [0.15, 0.2) is 39.5 Å². The van der Waals surface area contributed by atoms with Crippen LogP contribution < -0.4 is 11.3 Å². The molecule has 2 aromatic rings. The lowest BCUT2D eigenvalue weighted by atomic mass is 10.0. The molecule has 0 amide bonds. The van der Waals surface area contributed by atoms with Crippen molar-refractivity contribution in [2.45, 2.75) is 6.04 Å². The molecule has 5 heteroatoms. The topological polar surface area (TPSA) is 38.0 Å². The maximum atomic E-state index is 13.6. The van der Waals surface area contributed by atoms with E-state index in [9.17, 15) is 4.39 Å². The van der Waals surface area contributed by atoms with Crippen LogP contribution in [0.1, 0.15) is 17.2 Å². The van der Waals surface area contributed by atoms with Gasteiger partial charge in [0.05, 0.1) is 9.83 Å². The third-order valence-corrected chi connectivity index (χ3v) is 3.83. The maximum absolute atomic E-state index is 13.6. The van der Waals surface area contributed by atoms with Gasteiger partial charge < -0.3 is 0 Å². The molecule has 0 fully saturated rings. The van der Waals surface area contributed by atoms with Crippen LogP contribution in [0.25, 0.3) is 0 Å². The standard InChI is InChI=1S/C11H10BrFN2S/c12-10-5-7(6-16-10)11(15-14)8-3-1-2-4-9(8)13/h1-6,11,15H,14H2. The maximum Gasteiger partial charge on any atom is 0.128 e. The number of thiophene rings is 1. The van der Waals surface area contributed by atoms with Crippen molar-refractivity contribution in [2.75, 3.05) is 0 Å². The van der Waals surface area contributed by atoms with Gasteiger partial charge in [0.15, 0.2) is 0 Å². The number of benzene rings is 1. The number of halogens is 2. The molecule has 1 heterocycles. The average molecular weight is 301 g/mol. The lowest BCUT2D eigenvalue weighted by molar-refractivity contribution is 0.561. The summed E-state index contributed by atoms with van der Waals surface area (Å²) >= 11 is 4.92. The highest BCUT2D eigenvalue weighted by atomic mass is 79.9. The summed E-state index contributed by atoms with van der Waals surface area (Å²) in [6, 6.07) is 8.23. The van der Waals surface area contributed by atoms with E-state index in [2.05, 4.69) is 21.4 Å². The van der Waals surface area contributed by atoms with Gasteiger partial charge in [-0.2, -0.15) is 0 Å². The summed E-state index contributed by atoms with van der Waals surface area (Å²) in [6.45, 7) is 0. The Kier molecular flexibility index (Phi) is 3.70. The number of nitrogens with two attached hydrogens (primary N) is 1. The SMILES string of the molecule is NNC(c1csc(Br)c1)c1ccccc1F. The second-order valence-corrected chi connectivity index (χ2v) is 5.60. The van der Waals surface area contributed by atoms with Crippen molar-refractivity contribution < 1.29 is 4.39 Å². The van der Waals surface area contributed by atoms with Crippen molar-refractivity contribution in [3.8, 4) is 0 Å². The molecule has 1 aromatic carbocycles. The third kappa shape index (κ3) is 2.32. The highest BCUT2D eigenvalue weighted by Gasteiger charge is 2.17. The fourth-order valence-corrected chi connectivity index (χ4v) is 2.75. The van der Waals surface area contributed by atoms with Gasteiger partial charge >= 0.3 is 0 Å². The molecule has 0 saturated heterocycles. The molecule has 2 nitrogen and oxygen atoms in total. The van der Waals surface area contributed by atoms with Gasteiger partial charge in [0.1, 0.15) is 5.82 Å². The first-order chi connectivity index (χ1) is 7.72. The zero-order chi connectivity index (χ0) is 11.5. The zero-order valence-corrected chi connectivity index (χ0v) is 10.7. The summed E-state index contributed by atoms with van der Waals surface area (Å²) in [5, 5.41) is 1.95. The molecule has 16 heavy (non-hydrogen) atoms. The summed E-state index contributed by atoms with van der Waals surface area (Å²) in [5.74, 6) is 5.23. The molecule has 0 bridgehead atoms. The lowest BCUT2D eigenvalue weighted by Gasteiger charge is -2.15. The number of rotatable bonds is 3. The van der Waals surface area contributed by atoms with Gasteiger partial charge in [-0.25, -0.2) is 9.82 Å². The molecular weight excluding hydrogens is 291 g/mol. The van der Waals surface area contributed by atoms with Crippen LogP contribution in [0.5, 0.6) is 0 Å². The third-order valence-electron chi connectivity index (χ3n) is 2.30. The predicted octanol–water partition coefficient (Wildman–Crippen LogP) is 3.20. The minimum atomic E-state index is -0.316. The van der Waals surface area contributed by atoms with Crippen molar-refractivity contribution in [3.63, 3.8) is 0 Å². The largest absolute Gasteiger partial charge is 0.271 e. The first-order valence-corrected chi connectivity index (χ1v) is 6.34. The van der Waals surface area contributed by atoms with Crippen LogP contribution in [0, 0.1) is 5.82 Å². The van der Waals surface area contributed by atoms with Crippen LogP contribution in [0.3, 0.4) is 0 Å². The van der Waals surface area contributed by atoms with E-state index in [-0.39, 0.29) is 11.9 Å². The Morgan fingerprint density at radius 3 is 2.69 bits per heavy atom. The fraction of sp³-hybridized carbons (Fsp3) is 0.0909. The van der Waals surface area contributed by atoms with Gasteiger partial charge in [0.25, 0.3) is 0 Å². The van der Waals surface area contributed by atoms with Crippen molar-refractivity contribution >= 4 is 27.3 Å². The Morgan fingerprint density at radius 1 is 1.38 bits per heavy atom. The number of nitrogens with one attached hydrogen (secondary N) is 1. The number of hydrazine groups is 1. The van der Waals surface area contributed by atoms with E-state index in [4.69, 9.17) is 5.84 Å². The van der Waals surface area contributed by atoms with Gasteiger partial charge in [-0.15, -0.1) is 11.3 Å². The van der Waals surface area contributed by atoms with Crippen molar-refractivity contribution in [2.24, 2.45) is 5.84 Å². The van der Waals surface area contributed by atoms with E-state index < -0.39 is 0 Å². The molecular formula is C11H10BrFN2S. The lowest BCUT2D eigenvalue weighted by Crippen LogP contribution is -2.29. The van der Waals surface area contributed by atoms with E-state index >= 15 is 0 Å². The average Bonchev–Trinajstić information content (AvgIpc) is 2.69. The smallest absolute Gasteiger partial charge is 0.128 e. The van der Waals surface area contributed by atoms with Crippen LogP contribution in [-0.4, -0.2) is 0 Å². The highest BCUT2D eigenvalue weighted by molar-refractivity contribution is 9.11. The summed E-state index contributed by atoms with van der Waals surface area (Å²) in [6.07, 6.45) is 0. The van der Waals surface area contributed by atoms with Gasteiger partial charge in [-0.05, 0) is 39.0 Å². The number of hydrogen-bond acceptors (Lipinski definition) is 3. The van der Waals surface area contributed by atoms with Gasteiger partial charge in [0.2, 0.25) is 0 Å². The second kappa shape index (κ2) is 5.05. The van der Waals surface area contributed by atoms with Gasteiger partial charge in [-0.3, -0.25) is 5.84 Å². The summed E-state index contributed by atoms with van der Waals surface area (Å²) < 4.78 is 14.6. The van der Waals surface area contributed by atoms with Crippen LogP contribution in [0.2, 0.25) is 0 Å². The summed E-state index contributed by atoms with van der Waals surface area (Å²) in [7, 11) is 0. The highest BCUT2D eigenvalue weighted by Crippen LogP contribution is 2.29. The Bertz CT molecular complexity index is 486. The van der Waals surface area contributed by atoms with E-state index in [1.54, 1.807) is 29.5 Å². The predicted molar refractivity (Wildman–Crippen MR) is 67.6 cm³/mol. The second-order valence-electron chi connectivity index (χ2n) is 3.31. The molecule has 1 atom stereocenters. The first kappa shape index (κ1) is 11.7. The van der Waals surface area contributed by atoms with Crippen LogP contribution in [0.4, 0.5) is 4.39 Å². The van der Waals surface area contributed by atoms with Gasteiger partial charge in [-0.1, -0.05) is 18.2 Å². The molecule has 3 N–H and O–H groups in total. The Hall–Kier alpha value is -0.750. The van der Waals surface area contributed by atoms with E-state index in [1.807, 2.05) is 11.4 Å². The Morgan fingerprint density at radius 2 is 2.12 bits per heavy atom. The quantitative estimate of drug-likeness (QED) is 0.675. The van der Waals surface area contributed by atoms with Crippen molar-refractivity contribution in [3.05, 3.63) is 56.4 Å². The monoisotopic (exact) mass is 300 g/mol. The minimum Gasteiger partial charge on any atom is -0.271 e. The fourth-order valence-electron chi connectivity index (χ4n) is 1.55. The van der Waals surface area contributed by atoms with Crippen molar-refractivity contribution in [1.82, 2.24) is 5.43 Å². The molecule has 1 aromatic heterocycles. The van der Waals surface area contributed by atoms with Crippen molar-refractivity contribution in [1.29, 1.82) is 0 Å². The summed E-state index contributed by atoms with van der Waals surface area (Å²) in [4.78, 5) is 0. The molecule has 0 aliphatic heterocycles. The molecule has 2 rings (SSSR count). The molecule has 84 valence electrons. The molecule has 0 saturated carbocycles. The van der Waals surface area contributed by atoms with Crippen LogP contribution >= 0.6 is 27.3 Å². The molecule has 0 spiro atoms. The van der Waals surface area contributed by atoms with Crippen LogP contribution in [-0.2, 0) is 0 Å². The Labute approximate surface area is 105 Å². The first-order valence-electron chi connectivity index (χ1n) is 4.67. The van der Waals surface area contributed by atoms with E-state index in [1.165, 1.54) is 6.07 Å². The molecule has 1 unspecified atom stereocenters. The summed E-state index contributed by atoms with van der Waals surface area (Å²) in [5.41, 5.74) is 4.13. The zero-order valence-electron chi connectivity index (χ0n) is 8.28. The van der Waals surface area contributed by atoms with Gasteiger partial charge in [0, 0.05) is 5.56 Å². The molecule has 0 radical (unpaired) electrons.